The molecule has 0 saturated heterocycles. The SMILES string of the molecule is C=CCN(c1cccc(C(F)(F)F)c1)S(=O)(=O)c1cccc(C(=O)OCC(=O)C(C#N)=C(C)N)c1. The Morgan fingerprint density at radius 3 is 2.43 bits per heavy atom. The van der Waals surface area contributed by atoms with Crippen LogP contribution in [0.3, 0.4) is 0 Å². The fourth-order valence-electron chi connectivity index (χ4n) is 2.86. The molecule has 0 unspecified atom stereocenters. The number of ether oxygens (including phenoxy) is 1. The number of nitrogens with two attached hydrogens (primary N) is 1. The van der Waals surface area contributed by atoms with E-state index in [4.69, 9.17) is 15.7 Å². The zero-order chi connectivity index (χ0) is 26.4. The quantitative estimate of drug-likeness (QED) is 0.238. The third-order valence-corrected chi connectivity index (χ3v) is 6.32. The zero-order valence-electron chi connectivity index (χ0n) is 18.4. The fraction of sp³-hybridized carbons (Fsp3) is 0.174. The van der Waals surface area contributed by atoms with Crippen LogP contribution in [0.4, 0.5) is 18.9 Å². The second-order valence-electron chi connectivity index (χ2n) is 7.07. The van der Waals surface area contributed by atoms with E-state index in [9.17, 15) is 31.2 Å². The van der Waals surface area contributed by atoms with Crippen LogP contribution in [0.25, 0.3) is 0 Å². The molecule has 12 heteroatoms. The van der Waals surface area contributed by atoms with E-state index < -0.39 is 45.0 Å². The van der Waals surface area contributed by atoms with E-state index >= 15 is 0 Å². The number of ketones is 1. The third kappa shape index (κ3) is 6.48. The van der Waals surface area contributed by atoms with Gasteiger partial charge in [0.2, 0.25) is 5.78 Å². The molecule has 2 N–H and O–H groups in total. The van der Waals surface area contributed by atoms with Crippen molar-refractivity contribution in [2.45, 2.75) is 18.0 Å². The molecule has 2 rings (SSSR count). The van der Waals surface area contributed by atoms with Crippen molar-refractivity contribution in [1.29, 1.82) is 5.26 Å². The third-order valence-electron chi connectivity index (χ3n) is 4.53. The molecule has 0 saturated carbocycles. The minimum Gasteiger partial charge on any atom is -0.454 e. The molecular formula is C23H20F3N3O5S. The van der Waals surface area contributed by atoms with Crippen molar-refractivity contribution in [3.05, 3.63) is 83.6 Å². The van der Waals surface area contributed by atoms with Gasteiger partial charge in [-0.15, -0.1) is 6.58 Å². The van der Waals surface area contributed by atoms with Crippen molar-refractivity contribution in [2.75, 3.05) is 17.5 Å². The number of hydrogen-bond donors (Lipinski definition) is 1. The standard InChI is InChI=1S/C23H20F3N3O5S/c1-3-10-29(18-8-5-7-17(12-18)23(24,25)26)35(32,33)19-9-4-6-16(11-19)22(31)34-14-21(30)20(13-27)15(2)28/h3-9,11-12H,1,10,14,28H2,2H3. The highest BCUT2D eigenvalue weighted by Crippen LogP contribution is 2.33. The van der Waals surface area contributed by atoms with Crippen LogP contribution in [0.1, 0.15) is 22.8 Å². The molecule has 35 heavy (non-hydrogen) atoms. The van der Waals surface area contributed by atoms with E-state index in [0.717, 1.165) is 24.3 Å². The van der Waals surface area contributed by atoms with Gasteiger partial charge >= 0.3 is 12.1 Å². The second-order valence-corrected chi connectivity index (χ2v) is 8.93. The minimum absolute atomic E-state index is 0.0569. The van der Waals surface area contributed by atoms with Gasteiger partial charge in [-0.1, -0.05) is 18.2 Å². The number of halogens is 3. The van der Waals surface area contributed by atoms with Gasteiger partial charge in [-0.3, -0.25) is 9.10 Å². The summed E-state index contributed by atoms with van der Waals surface area (Å²) in [4.78, 5) is 23.9. The van der Waals surface area contributed by atoms with Gasteiger partial charge in [0.25, 0.3) is 10.0 Å². The van der Waals surface area contributed by atoms with E-state index in [1.54, 1.807) is 6.07 Å². The number of anilines is 1. The van der Waals surface area contributed by atoms with Gasteiger partial charge in [0, 0.05) is 5.70 Å². The summed E-state index contributed by atoms with van der Waals surface area (Å²) in [6, 6.07) is 9.92. The Morgan fingerprint density at radius 2 is 1.86 bits per heavy atom. The van der Waals surface area contributed by atoms with Crippen molar-refractivity contribution in [3.63, 3.8) is 0 Å². The molecule has 0 amide bonds. The Kier molecular flexibility index (Phi) is 8.43. The Bertz CT molecular complexity index is 1320. The number of esters is 1. The minimum atomic E-state index is -4.69. The number of rotatable bonds is 9. The molecule has 0 aliphatic carbocycles. The molecule has 0 spiro atoms. The van der Waals surface area contributed by atoms with Gasteiger partial charge in [-0.2, -0.15) is 18.4 Å². The van der Waals surface area contributed by atoms with Crippen LogP contribution < -0.4 is 10.0 Å². The first-order valence-corrected chi connectivity index (χ1v) is 11.2. The predicted octanol–water partition coefficient (Wildman–Crippen LogP) is 3.57. The van der Waals surface area contributed by atoms with Gasteiger partial charge in [0.1, 0.15) is 11.6 Å². The summed E-state index contributed by atoms with van der Waals surface area (Å²) in [5, 5.41) is 8.94. The molecule has 184 valence electrons. The Morgan fingerprint density at radius 1 is 1.20 bits per heavy atom. The number of benzene rings is 2. The highest BCUT2D eigenvalue weighted by molar-refractivity contribution is 7.92. The van der Waals surface area contributed by atoms with Crippen LogP contribution in [-0.2, 0) is 25.7 Å². The lowest BCUT2D eigenvalue weighted by Crippen LogP contribution is -2.31. The summed E-state index contributed by atoms with van der Waals surface area (Å²) in [5.74, 6) is -1.90. The van der Waals surface area contributed by atoms with Gasteiger partial charge in [0.15, 0.2) is 6.61 Å². The van der Waals surface area contributed by atoms with Gasteiger partial charge in [-0.25, -0.2) is 13.2 Å². The molecule has 2 aromatic carbocycles. The lowest BCUT2D eigenvalue weighted by molar-refractivity contribution is -0.137. The molecule has 0 aromatic heterocycles. The van der Waals surface area contributed by atoms with E-state index in [1.165, 1.54) is 31.2 Å². The summed E-state index contributed by atoms with van der Waals surface area (Å²) in [6.45, 7) is 3.62. The van der Waals surface area contributed by atoms with E-state index in [-0.39, 0.29) is 29.1 Å². The van der Waals surface area contributed by atoms with Gasteiger partial charge < -0.3 is 10.5 Å². The summed E-state index contributed by atoms with van der Waals surface area (Å²) >= 11 is 0. The average Bonchev–Trinajstić information content (AvgIpc) is 2.80. The van der Waals surface area contributed by atoms with Crippen LogP contribution >= 0.6 is 0 Å². The molecule has 0 radical (unpaired) electrons. The summed E-state index contributed by atoms with van der Waals surface area (Å²) in [7, 11) is -4.44. The number of carbonyl (C=O) groups is 2. The molecule has 0 aliphatic rings. The first-order valence-electron chi connectivity index (χ1n) is 9.80. The lowest BCUT2D eigenvalue weighted by atomic mass is 10.1. The highest BCUT2D eigenvalue weighted by atomic mass is 32.2. The molecule has 0 atom stereocenters. The molecule has 2 aromatic rings. The molecule has 0 bridgehead atoms. The summed E-state index contributed by atoms with van der Waals surface area (Å²) in [5.41, 5.74) is 3.44. The topological polar surface area (TPSA) is 131 Å². The van der Waals surface area contributed by atoms with E-state index in [0.29, 0.717) is 10.4 Å². The maximum Gasteiger partial charge on any atom is 0.416 e. The van der Waals surface area contributed by atoms with Crippen LogP contribution in [-0.4, -0.2) is 33.3 Å². The molecule has 0 heterocycles. The van der Waals surface area contributed by atoms with Crippen molar-refractivity contribution in [1.82, 2.24) is 0 Å². The van der Waals surface area contributed by atoms with Crippen molar-refractivity contribution >= 4 is 27.5 Å². The maximum absolute atomic E-state index is 13.3. The number of nitrogens with zero attached hydrogens (tertiary/aromatic N) is 2. The molecule has 0 aliphatic heterocycles. The van der Waals surface area contributed by atoms with Crippen LogP contribution in [0.2, 0.25) is 0 Å². The number of sulfonamides is 1. The fourth-order valence-corrected chi connectivity index (χ4v) is 4.34. The largest absolute Gasteiger partial charge is 0.454 e. The molecule has 8 nitrogen and oxygen atoms in total. The van der Waals surface area contributed by atoms with Gasteiger partial charge in [0.05, 0.1) is 28.3 Å². The lowest BCUT2D eigenvalue weighted by Gasteiger charge is -2.24. The van der Waals surface area contributed by atoms with Crippen LogP contribution in [0.15, 0.2) is 77.4 Å². The summed E-state index contributed by atoms with van der Waals surface area (Å²) in [6.07, 6.45) is -3.50. The van der Waals surface area contributed by atoms with Crippen LogP contribution in [0, 0.1) is 11.3 Å². The molecule has 0 fully saturated rings. The number of carbonyl (C=O) groups excluding carboxylic acids is 2. The maximum atomic E-state index is 13.3. The van der Waals surface area contributed by atoms with Gasteiger partial charge in [-0.05, 0) is 43.3 Å². The van der Waals surface area contributed by atoms with E-state index in [1.807, 2.05) is 0 Å². The number of allylic oxidation sites excluding steroid dienone is 1. The zero-order valence-corrected chi connectivity index (χ0v) is 19.2. The highest BCUT2D eigenvalue weighted by Gasteiger charge is 2.32. The van der Waals surface area contributed by atoms with Crippen molar-refractivity contribution in [2.24, 2.45) is 5.73 Å². The number of alkyl halides is 3. The number of hydrogen-bond acceptors (Lipinski definition) is 7. The van der Waals surface area contributed by atoms with Crippen molar-refractivity contribution < 1.29 is 35.9 Å². The number of nitriles is 1. The Balaban J connectivity index is 2.37. The monoisotopic (exact) mass is 507 g/mol. The van der Waals surface area contributed by atoms with E-state index in [2.05, 4.69) is 6.58 Å². The smallest absolute Gasteiger partial charge is 0.416 e. The Hall–Kier alpha value is -4.11. The predicted molar refractivity (Wildman–Crippen MR) is 120 cm³/mol. The first-order chi connectivity index (χ1) is 16.3. The summed E-state index contributed by atoms with van der Waals surface area (Å²) < 4.78 is 71.5. The van der Waals surface area contributed by atoms with Crippen molar-refractivity contribution in [3.8, 4) is 6.07 Å². The average molecular weight is 507 g/mol. The first kappa shape index (κ1) is 27.1. The normalized spacial score (nSPS) is 12.2. The second kappa shape index (κ2) is 10.9. The molecular weight excluding hydrogens is 487 g/mol. The van der Waals surface area contributed by atoms with Crippen LogP contribution in [0.5, 0.6) is 0 Å². The Labute approximate surface area is 199 Å². The number of Topliss-reactive ketones (excluding diaryl/α,β-unsaturated/α-hetero) is 1.